The highest BCUT2D eigenvalue weighted by molar-refractivity contribution is 5.79. The topological polar surface area (TPSA) is 59.4 Å². The number of fused-ring (bicyclic) bond motifs is 1. The number of aromatic nitrogens is 2. The summed E-state index contributed by atoms with van der Waals surface area (Å²) in [6.07, 6.45) is 0.560. The molecule has 0 saturated carbocycles. The summed E-state index contributed by atoms with van der Waals surface area (Å²) in [5.41, 5.74) is 2.90. The summed E-state index contributed by atoms with van der Waals surface area (Å²) >= 11 is 0. The van der Waals surface area contributed by atoms with Gasteiger partial charge in [-0.15, -0.1) is 0 Å². The van der Waals surface area contributed by atoms with Gasteiger partial charge in [-0.2, -0.15) is 0 Å². The number of halogens is 1. The lowest BCUT2D eigenvalue weighted by Gasteiger charge is -2.17. The largest absolute Gasteiger partial charge is 0.450 e. The van der Waals surface area contributed by atoms with Crippen LogP contribution in [0.5, 0.6) is 0 Å². The van der Waals surface area contributed by atoms with Crippen molar-refractivity contribution in [1.82, 2.24) is 14.5 Å². The molecule has 6 nitrogen and oxygen atoms in total. The van der Waals surface area contributed by atoms with Crippen molar-refractivity contribution in [3.63, 3.8) is 0 Å². The normalized spacial score (nSPS) is 16.5. The first-order valence-corrected chi connectivity index (χ1v) is 9.52. The number of benzene rings is 2. The summed E-state index contributed by atoms with van der Waals surface area (Å²) in [6, 6.07) is 14.5. The number of carbonyl (C=O) groups is 1. The number of hydrogen-bond acceptors (Lipinski definition) is 4. The fourth-order valence-electron chi connectivity index (χ4n) is 3.56. The van der Waals surface area contributed by atoms with Crippen molar-refractivity contribution >= 4 is 23.1 Å². The van der Waals surface area contributed by atoms with E-state index in [2.05, 4.69) is 9.88 Å². The number of anilines is 1. The van der Waals surface area contributed by atoms with Gasteiger partial charge in [0.25, 0.3) is 0 Å². The van der Waals surface area contributed by atoms with Crippen molar-refractivity contribution in [3.05, 3.63) is 59.9 Å². The lowest BCUT2D eigenvalue weighted by Crippen LogP contribution is -2.32. The average molecular weight is 382 g/mol. The highest BCUT2D eigenvalue weighted by Gasteiger charge is 2.28. The van der Waals surface area contributed by atoms with Crippen LogP contribution in [-0.2, 0) is 11.3 Å². The maximum absolute atomic E-state index is 13.3. The minimum atomic E-state index is -0.272. The van der Waals surface area contributed by atoms with Crippen molar-refractivity contribution in [2.75, 3.05) is 25.0 Å². The molecular formula is C21H23FN4O2. The minimum absolute atomic E-state index is 0.105. The van der Waals surface area contributed by atoms with E-state index in [0.717, 1.165) is 29.0 Å². The van der Waals surface area contributed by atoms with Crippen LogP contribution in [0.1, 0.15) is 18.9 Å². The third-order valence-corrected chi connectivity index (χ3v) is 4.96. The van der Waals surface area contributed by atoms with Gasteiger partial charge in [0.05, 0.1) is 24.2 Å². The molecule has 1 aliphatic heterocycles. The van der Waals surface area contributed by atoms with Gasteiger partial charge in [0, 0.05) is 19.1 Å². The van der Waals surface area contributed by atoms with E-state index >= 15 is 0 Å². The van der Waals surface area contributed by atoms with Crippen LogP contribution in [-0.4, -0.2) is 46.3 Å². The van der Waals surface area contributed by atoms with Gasteiger partial charge >= 0.3 is 6.09 Å². The predicted octanol–water partition coefficient (Wildman–Crippen LogP) is 3.87. The second kappa shape index (κ2) is 7.88. The van der Waals surface area contributed by atoms with Gasteiger partial charge in [-0.25, -0.2) is 14.2 Å². The molecular weight excluding hydrogens is 359 g/mol. The summed E-state index contributed by atoms with van der Waals surface area (Å²) in [6.45, 7) is 4.01. The molecule has 28 heavy (non-hydrogen) atoms. The van der Waals surface area contributed by atoms with Gasteiger partial charge in [0.1, 0.15) is 5.82 Å². The van der Waals surface area contributed by atoms with E-state index < -0.39 is 0 Å². The Morgan fingerprint density at radius 1 is 1.25 bits per heavy atom. The van der Waals surface area contributed by atoms with E-state index in [9.17, 15) is 9.18 Å². The molecule has 7 heteroatoms. The first kappa shape index (κ1) is 18.3. The average Bonchev–Trinajstić information content (AvgIpc) is 3.29. The van der Waals surface area contributed by atoms with Gasteiger partial charge in [0.2, 0.25) is 5.95 Å². The third-order valence-electron chi connectivity index (χ3n) is 4.96. The van der Waals surface area contributed by atoms with Crippen molar-refractivity contribution in [3.8, 4) is 0 Å². The van der Waals surface area contributed by atoms with Gasteiger partial charge in [-0.05, 0) is 43.2 Å². The number of imidazole rings is 1. The van der Waals surface area contributed by atoms with E-state index in [1.165, 1.54) is 12.1 Å². The highest BCUT2D eigenvalue weighted by atomic mass is 19.1. The zero-order valence-corrected chi connectivity index (χ0v) is 15.8. The third kappa shape index (κ3) is 3.78. The molecule has 1 atom stereocenters. The molecule has 1 N–H and O–H groups in total. The molecule has 1 amide bonds. The fraction of sp³-hybridized carbons (Fsp3) is 0.333. The Morgan fingerprint density at radius 3 is 2.82 bits per heavy atom. The summed E-state index contributed by atoms with van der Waals surface area (Å²) in [7, 11) is 0. The molecule has 1 fully saturated rings. The lowest BCUT2D eigenvalue weighted by atomic mass is 10.2. The number of nitrogens with one attached hydrogen (secondary N) is 1. The van der Waals surface area contributed by atoms with E-state index in [0.29, 0.717) is 26.2 Å². The second-order valence-electron chi connectivity index (χ2n) is 6.91. The number of carbonyl (C=O) groups excluding carboxylic acids is 1. The molecule has 0 aliphatic carbocycles. The Morgan fingerprint density at radius 2 is 2.04 bits per heavy atom. The number of hydrogen-bond donors (Lipinski definition) is 1. The zero-order valence-electron chi connectivity index (χ0n) is 15.8. The van der Waals surface area contributed by atoms with Gasteiger partial charge in [0.15, 0.2) is 0 Å². The minimum Gasteiger partial charge on any atom is -0.450 e. The van der Waals surface area contributed by atoms with E-state index in [4.69, 9.17) is 9.72 Å². The first-order valence-electron chi connectivity index (χ1n) is 9.52. The number of nitrogens with zero attached hydrogens (tertiary/aromatic N) is 3. The second-order valence-corrected chi connectivity index (χ2v) is 6.91. The Hall–Kier alpha value is -3.09. The highest BCUT2D eigenvalue weighted by Crippen LogP contribution is 2.24. The molecule has 3 aromatic rings. The molecule has 1 aliphatic rings. The van der Waals surface area contributed by atoms with Crippen molar-refractivity contribution in [1.29, 1.82) is 0 Å². The number of ether oxygens (including phenoxy) is 1. The van der Waals surface area contributed by atoms with Crippen LogP contribution in [0.4, 0.5) is 15.1 Å². The number of para-hydroxylation sites is 2. The molecule has 0 bridgehead atoms. The van der Waals surface area contributed by atoms with Gasteiger partial charge in [-0.1, -0.05) is 24.3 Å². The smallest absolute Gasteiger partial charge is 0.409 e. The van der Waals surface area contributed by atoms with Crippen LogP contribution in [0.25, 0.3) is 11.0 Å². The van der Waals surface area contributed by atoms with Crippen LogP contribution in [0, 0.1) is 5.82 Å². The predicted molar refractivity (Wildman–Crippen MR) is 106 cm³/mol. The summed E-state index contributed by atoms with van der Waals surface area (Å²) < 4.78 is 20.4. The SMILES string of the molecule is CCOC(=O)N1CCC(Nc2nc3ccccc3n2Cc2ccc(F)cc2)C1. The van der Waals surface area contributed by atoms with Crippen molar-refractivity contribution in [2.24, 2.45) is 0 Å². The quantitative estimate of drug-likeness (QED) is 0.728. The van der Waals surface area contributed by atoms with Crippen molar-refractivity contribution < 1.29 is 13.9 Å². The van der Waals surface area contributed by atoms with Crippen LogP contribution in [0.15, 0.2) is 48.5 Å². The lowest BCUT2D eigenvalue weighted by molar-refractivity contribution is 0.115. The van der Waals surface area contributed by atoms with E-state index in [1.807, 2.05) is 31.2 Å². The Labute approximate surface area is 162 Å². The Bertz CT molecular complexity index is 970. The maximum atomic E-state index is 13.3. The van der Waals surface area contributed by atoms with Gasteiger partial charge < -0.3 is 19.5 Å². The molecule has 1 aromatic heterocycles. The molecule has 2 aromatic carbocycles. The van der Waals surface area contributed by atoms with E-state index in [1.54, 1.807) is 17.0 Å². The van der Waals surface area contributed by atoms with Crippen molar-refractivity contribution in [2.45, 2.75) is 25.9 Å². The number of rotatable bonds is 5. The Balaban J connectivity index is 1.57. The van der Waals surface area contributed by atoms with E-state index in [-0.39, 0.29) is 18.0 Å². The molecule has 1 unspecified atom stereocenters. The summed E-state index contributed by atoms with van der Waals surface area (Å²) in [5.74, 6) is 0.504. The fourth-order valence-corrected chi connectivity index (χ4v) is 3.56. The molecule has 146 valence electrons. The summed E-state index contributed by atoms with van der Waals surface area (Å²) in [5, 5.41) is 3.49. The number of likely N-dealkylation sites (tertiary alicyclic amines) is 1. The molecule has 4 rings (SSSR count). The van der Waals surface area contributed by atoms with Gasteiger partial charge in [-0.3, -0.25) is 0 Å². The Kier molecular flexibility index (Phi) is 5.14. The molecule has 0 radical (unpaired) electrons. The molecule has 0 spiro atoms. The monoisotopic (exact) mass is 382 g/mol. The van der Waals surface area contributed by atoms with Crippen LogP contribution in [0.3, 0.4) is 0 Å². The standard InChI is InChI=1S/C21H23FN4O2/c1-2-28-21(27)25-12-11-17(14-25)23-20-24-18-5-3-4-6-19(18)26(20)13-15-7-9-16(22)10-8-15/h3-10,17H,2,11-14H2,1H3,(H,23,24). The molecule has 2 heterocycles. The summed E-state index contributed by atoms with van der Waals surface area (Å²) in [4.78, 5) is 18.4. The van der Waals surface area contributed by atoms with Crippen LogP contribution >= 0.6 is 0 Å². The first-order chi connectivity index (χ1) is 13.6. The van der Waals surface area contributed by atoms with Crippen LogP contribution < -0.4 is 5.32 Å². The molecule has 1 saturated heterocycles. The maximum Gasteiger partial charge on any atom is 0.409 e. The van der Waals surface area contributed by atoms with Crippen LogP contribution in [0.2, 0.25) is 0 Å². The zero-order chi connectivity index (χ0) is 19.5. The number of amides is 1.